The first-order valence-electron chi connectivity index (χ1n) is 6.55. The molecule has 0 aliphatic carbocycles. The number of nitrogen functional groups attached to an aromatic ring is 1. The summed E-state index contributed by atoms with van der Waals surface area (Å²) in [6.45, 7) is 1.93. The Kier molecular flexibility index (Phi) is 2.38. The molecule has 2 N–H and O–H groups in total. The van der Waals surface area contributed by atoms with Crippen molar-refractivity contribution in [3.8, 4) is 5.82 Å². The largest absolute Gasteiger partial charge is 0.397 e. The zero-order valence-corrected chi connectivity index (χ0v) is 11.4. The van der Waals surface area contributed by atoms with Gasteiger partial charge in [-0.25, -0.2) is 9.97 Å². The Labute approximate surface area is 120 Å². The summed E-state index contributed by atoms with van der Waals surface area (Å²) in [7, 11) is 0. The number of benzene rings is 1. The smallest absolute Gasteiger partial charge is 0.174 e. The van der Waals surface area contributed by atoms with E-state index in [9.17, 15) is 0 Å². The van der Waals surface area contributed by atoms with Crippen molar-refractivity contribution in [3.05, 3.63) is 48.4 Å². The Morgan fingerprint density at radius 1 is 1.05 bits per heavy atom. The lowest BCUT2D eigenvalue weighted by molar-refractivity contribution is 0.846. The van der Waals surface area contributed by atoms with Gasteiger partial charge in [0.15, 0.2) is 11.5 Å². The Morgan fingerprint density at radius 2 is 1.86 bits per heavy atom. The molecule has 0 atom stereocenters. The van der Waals surface area contributed by atoms with Crippen LogP contribution in [-0.4, -0.2) is 24.7 Å². The normalized spacial score (nSPS) is 11.3. The molecule has 6 nitrogen and oxygen atoms in total. The number of para-hydroxylation sites is 2. The maximum Gasteiger partial charge on any atom is 0.174 e. The Morgan fingerprint density at radius 3 is 2.71 bits per heavy atom. The van der Waals surface area contributed by atoms with Crippen LogP contribution >= 0.6 is 0 Å². The summed E-state index contributed by atoms with van der Waals surface area (Å²) in [5.74, 6) is 0.643. The van der Waals surface area contributed by atoms with Crippen LogP contribution in [0.25, 0.3) is 27.9 Å². The summed E-state index contributed by atoms with van der Waals surface area (Å²) in [5, 5.41) is 5.43. The fraction of sp³-hybridized carbons (Fsp3) is 0.0667. The average Bonchev–Trinajstić information content (AvgIpc) is 2.83. The minimum absolute atomic E-state index is 0.620. The summed E-state index contributed by atoms with van der Waals surface area (Å²) >= 11 is 0. The van der Waals surface area contributed by atoms with Gasteiger partial charge in [0.05, 0.1) is 34.8 Å². The molecule has 102 valence electrons. The van der Waals surface area contributed by atoms with Crippen LogP contribution in [0, 0.1) is 6.92 Å². The molecule has 0 fully saturated rings. The minimum atomic E-state index is 0.620. The third-order valence-electron chi connectivity index (χ3n) is 3.38. The number of fused-ring (bicyclic) bond motifs is 2. The van der Waals surface area contributed by atoms with Crippen LogP contribution in [0.2, 0.25) is 0 Å². The second-order valence-electron chi connectivity index (χ2n) is 4.85. The number of nitrogens with zero attached hydrogens (tertiary/aromatic N) is 5. The molecule has 0 bridgehead atoms. The summed E-state index contributed by atoms with van der Waals surface area (Å²) in [4.78, 5) is 13.4. The molecule has 3 aromatic heterocycles. The summed E-state index contributed by atoms with van der Waals surface area (Å²) in [6.07, 6.45) is 3.32. The molecule has 3 heterocycles. The first-order chi connectivity index (χ1) is 10.2. The monoisotopic (exact) mass is 276 g/mol. The average molecular weight is 276 g/mol. The van der Waals surface area contributed by atoms with Gasteiger partial charge < -0.3 is 5.73 Å². The van der Waals surface area contributed by atoms with E-state index in [1.807, 2.05) is 37.3 Å². The van der Waals surface area contributed by atoms with E-state index in [-0.39, 0.29) is 0 Å². The van der Waals surface area contributed by atoms with Crippen LogP contribution in [-0.2, 0) is 0 Å². The number of nitrogens with two attached hydrogens (primary N) is 1. The first kappa shape index (κ1) is 11.8. The fourth-order valence-corrected chi connectivity index (χ4v) is 2.37. The molecule has 0 aliphatic rings. The van der Waals surface area contributed by atoms with Gasteiger partial charge in [0, 0.05) is 5.39 Å². The lowest BCUT2D eigenvalue weighted by Crippen LogP contribution is -2.02. The van der Waals surface area contributed by atoms with Gasteiger partial charge in [0.1, 0.15) is 0 Å². The number of hydrogen-bond donors (Lipinski definition) is 1. The van der Waals surface area contributed by atoms with E-state index in [0.29, 0.717) is 11.5 Å². The van der Waals surface area contributed by atoms with E-state index < -0.39 is 0 Å². The topological polar surface area (TPSA) is 82.5 Å². The predicted octanol–water partition coefficient (Wildman–Crippen LogP) is 2.25. The maximum atomic E-state index is 5.79. The van der Waals surface area contributed by atoms with Gasteiger partial charge in [0.2, 0.25) is 0 Å². The Hall–Kier alpha value is -3.02. The third kappa shape index (κ3) is 1.80. The SMILES string of the molecule is Cc1nn(-c2cnc3ccccc3n2)c2ncc(N)cc12. The highest BCUT2D eigenvalue weighted by molar-refractivity contribution is 5.82. The van der Waals surface area contributed by atoms with Crippen LogP contribution in [0.3, 0.4) is 0 Å². The van der Waals surface area contributed by atoms with Gasteiger partial charge in [-0.3, -0.25) is 4.98 Å². The van der Waals surface area contributed by atoms with Crippen molar-refractivity contribution in [2.75, 3.05) is 5.73 Å². The van der Waals surface area contributed by atoms with Crippen LogP contribution in [0.15, 0.2) is 42.7 Å². The number of aromatic nitrogens is 5. The number of rotatable bonds is 1. The molecule has 1 aromatic carbocycles. The molecule has 4 rings (SSSR count). The maximum absolute atomic E-state index is 5.79. The summed E-state index contributed by atoms with van der Waals surface area (Å²) < 4.78 is 1.70. The second-order valence-corrected chi connectivity index (χ2v) is 4.85. The van der Waals surface area contributed by atoms with Crippen molar-refractivity contribution in [3.63, 3.8) is 0 Å². The first-order valence-corrected chi connectivity index (χ1v) is 6.55. The minimum Gasteiger partial charge on any atom is -0.397 e. The molecule has 0 saturated carbocycles. The molecule has 0 radical (unpaired) electrons. The standard InChI is InChI=1S/C15H12N6/c1-9-11-6-10(16)7-18-15(11)21(20-9)14-8-17-12-4-2-3-5-13(12)19-14/h2-8H,16H2,1H3. The molecule has 21 heavy (non-hydrogen) atoms. The van der Waals surface area contributed by atoms with E-state index in [4.69, 9.17) is 5.73 Å². The number of hydrogen-bond acceptors (Lipinski definition) is 5. The number of pyridine rings is 1. The van der Waals surface area contributed by atoms with Gasteiger partial charge in [-0.05, 0) is 25.1 Å². The van der Waals surface area contributed by atoms with Crippen LogP contribution in [0.1, 0.15) is 5.69 Å². The molecular formula is C15H12N6. The number of anilines is 1. The highest BCUT2D eigenvalue weighted by Gasteiger charge is 2.12. The van der Waals surface area contributed by atoms with E-state index in [2.05, 4.69) is 20.1 Å². The van der Waals surface area contributed by atoms with Gasteiger partial charge in [-0.15, -0.1) is 0 Å². The lowest BCUT2D eigenvalue weighted by Gasteiger charge is -2.03. The van der Waals surface area contributed by atoms with Crippen LogP contribution in [0.4, 0.5) is 5.69 Å². The van der Waals surface area contributed by atoms with Gasteiger partial charge in [-0.1, -0.05) is 12.1 Å². The summed E-state index contributed by atoms with van der Waals surface area (Å²) in [5.41, 5.74) is 9.68. The molecule has 0 unspecified atom stereocenters. The molecular weight excluding hydrogens is 264 g/mol. The van der Waals surface area contributed by atoms with Crippen molar-refractivity contribution >= 4 is 27.8 Å². The Balaban J connectivity index is 1.99. The highest BCUT2D eigenvalue weighted by atomic mass is 15.3. The molecule has 0 saturated heterocycles. The van der Waals surface area contributed by atoms with E-state index >= 15 is 0 Å². The fourth-order valence-electron chi connectivity index (χ4n) is 2.37. The van der Waals surface area contributed by atoms with Crippen molar-refractivity contribution in [2.45, 2.75) is 6.92 Å². The molecule has 0 aliphatic heterocycles. The molecule has 0 amide bonds. The van der Waals surface area contributed by atoms with Crippen molar-refractivity contribution in [1.82, 2.24) is 24.7 Å². The molecule has 4 aromatic rings. The van der Waals surface area contributed by atoms with Crippen LogP contribution < -0.4 is 5.73 Å². The number of aryl methyl sites for hydroxylation is 1. The van der Waals surface area contributed by atoms with E-state index in [1.165, 1.54) is 0 Å². The van der Waals surface area contributed by atoms with Crippen molar-refractivity contribution in [2.24, 2.45) is 0 Å². The quantitative estimate of drug-likeness (QED) is 0.576. The van der Waals surface area contributed by atoms with Crippen LogP contribution in [0.5, 0.6) is 0 Å². The van der Waals surface area contributed by atoms with Crippen molar-refractivity contribution in [1.29, 1.82) is 0 Å². The van der Waals surface area contributed by atoms with Gasteiger partial charge >= 0.3 is 0 Å². The molecule has 0 spiro atoms. The Bertz CT molecular complexity index is 972. The third-order valence-corrected chi connectivity index (χ3v) is 3.38. The van der Waals surface area contributed by atoms with E-state index in [1.54, 1.807) is 17.1 Å². The second kappa shape index (κ2) is 4.24. The zero-order chi connectivity index (χ0) is 14.4. The van der Waals surface area contributed by atoms with E-state index in [0.717, 1.165) is 27.8 Å². The summed E-state index contributed by atoms with van der Waals surface area (Å²) in [6, 6.07) is 9.60. The molecule has 6 heteroatoms. The lowest BCUT2D eigenvalue weighted by atomic mass is 10.2. The van der Waals surface area contributed by atoms with Gasteiger partial charge in [-0.2, -0.15) is 9.78 Å². The van der Waals surface area contributed by atoms with Crippen molar-refractivity contribution < 1.29 is 0 Å². The predicted molar refractivity (Wildman–Crippen MR) is 81.1 cm³/mol. The zero-order valence-electron chi connectivity index (χ0n) is 11.4. The van der Waals surface area contributed by atoms with Gasteiger partial charge in [0.25, 0.3) is 0 Å². The highest BCUT2D eigenvalue weighted by Crippen LogP contribution is 2.21.